The average Bonchev–Trinajstić information content (AvgIpc) is 2.35. The lowest BCUT2D eigenvalue weighted by Crippen LogP contribution is -1.99. The molecule has 0 amide bonds. The minimum Gasteiger partial charge on any atom is -0.454 e. The second-order valence-electron chi connectivity index (χ2n) is 3.49. The Kier molecular flexibility index (Phi) is 3.88. The summed E-state index contributed by atoms with van der Waals surface area (Å²) >= 11 is 3.07. The maximum absolute atomic E-state index is 13.5. The van der Waals surface area contributed by atoms with E-state index in [9.17, 15) is 8.78 Å². The number of pyridine rings is 1. The molecule has 1 heterocycles. The number of rotatable bonds is 3. The lowest BCUT2D eigenvalue weighted by Gasteiger charge is -2.08. The van der Waals surface area contributed by atoms with Crippen molar-refractivity contribution in [2.45, 2.75) is 6.54 Å². The van der Waals surface area contributed by atoms with Crippen molar-refractivity contribution in [3.05, 3.63) is 52.3 Å². The molecule has 1 aromatic carbocycles. The Morgan fingerprint density at radius 2 is 2.06 bits per heavy atom. The monoisotopic (exact) mass is 314 g/mol. The maximum atomic E-state index is 13.5. The number of ether oxygens (including phenoxy) is 1. The number of hydrogen-bond donors (Lipinski definition) is 1. The van der Waals surface area contributed by atoms with Crippen molar-refractivity contribution >= 4 is 15.9 Å². The second kappa shape index (κ2) is 5.41. The molecular weight excluding hydrogens is 306 g/mol. The van der Waals surface area contributed by atoms with Gasteiger partial charge < -0.3 is 10.5 Å². The van der Waals surface area contributed by atoms with Crippen LogP contribution in [0.2, 0.25) is 0 Å². The van der Waals surface area contributed by atoms with Crippen molar-refractivity contribution in [3.63, 3.8) is 0 Å². The number of nitrogens with zero attached hydrogens (tertiary/aromatic N) is 1. The van der Waals surface area contributed by atoms with E-state index in [0.29, 0.717) is 15.9 Å². The molecule has 2 rings (SSSR count). The van der Waals surface area contributed by atoms with Crippen LogP contribution in [0.4, 0.5) is 8.78 Å². The zero-order valence-corrected chi connectivity index (χ0v) is 10.7. The molecule has 0 radical (unpaired) electrons. The summed E-state index contributed by atoms with van der Waals surface area (Å²) in [4.78, 5) is 3.97. The van der Waals surface area contributed by atoms with Gasteiger partial charge in [-0.2, -0.15) is 4.39 Å². The van der Waals surface area contributed by atoms with E-state index in [0.717, 1.165) is 6.07 Å². The number of hydrogen-bond acceptors (Lipinski definition) is 3. The van der Waals surface area contributed by atoms with Crippen LogP contribution in [0.3, 0.4) is 0 Å². The van der Waals surface area contributed by atoms with Gasteiger partial charge >= 0.3 is 0 Å². The standard InChI is InChI=1S/C12H9BrF2N2O/c13-7-3-10(14)12(15)11(4-7)18-9-1-2-17-8(5-9)6-16/h1-5H,6,16H2. The molecule has 2 aromatic rings. The molecule has 94 valence electrons. The van der Waals surface area contributed by atoms with Crippen molar-refractivity contribution in [2.24, 2.45) is 5.73 Å². The van der Waals surface area contributed by atoms with Gasteiger partial charge in [-0.25, -0.2) is 4.39 Å². The first-order chi connectivity index (χ1) is 8.60. The third-order valence-corrected chi connectivity index (χ3v) is 2.64. The summed E-state index contributed by atoms with van der Waals surface area (Å²) in [5.74, 6) is -1.87. The van der Waals surface area contributed by atoms with E-state index in [1.54, 1.807) is 6.07 Å². The van der Waals surface area contributed by atoms with E-state index in [4.69, 9.17) is 10.5 Å². The van der Waals surface area contributed by atoms with Crippen LogP contribution in [0.15, 0.2) is 34.9 Å². The van der Waals surface area contributed by atoms with E-state index >= 15 is 0 Å². The fraction of sp³-hybridized carbons (Fsp3) is 0.0833. The summed E-state index contributed by atoms with van der Waals surface area (Å²) in [5.41, 5.74) is 6.03. The summed E-state index contributed by atoms with van der Waals surface area (Å²) < 4.78 is 32.3. The first-order valence-electron chi connectivity index (χ1n) is 5.07. The van der Waals surface area contributed by atoms with E-state index < -0.39 is 11.6 Å². The van der Waals surface area contributed by atoms with Crippen LogP contribution in [0.1, 0.15) is 5.69 Å². The highest BCUT2D eigenvalue weighted by molar-refractivity contribution is 9.10. The number of benzene rings is 1. The molecule has 3 nitrogen and oxygen atoms in total. The van der Waals surface area contributed by atoms with Gasteiger partial charge in [0.15, 0.2) is 11.6 Å². The molecular formula is C12H9BrF2N2O. The van der Waals surface area contributed by atoms with Crippen molar-refractivity contribution in [1.29, 1.82) is 0 Å². The minimum absolute atomic E-state index is 0.198. The Bertz CT molecular complexity index is 578. The van der Waals surface area contributed by atoms with Gasteiger partial charge in [-0.05, 0) is 18.2 Å². The minimum atomic E-state index is -1.04. The fourth-order valence-electron chi connectivity index (χ4n) is 1.36. The zero-order valence-electron chi connectivity index (χ0n) is 9.16. The van der Waals surface area contributed by atoms with Gasteiger partial charge in [0.1, 0.15) is 5.75 Å². The Morgan fingerprint density at radius 1 is 1.28 bits per heavy atom. The SMILES string of the molecule is NCc1cc(Oc2cc(Br)cc(F)c2F)ccn1. The van der Waals surface area contributed by atoms with Crippen LogP contribution in [0.5, 0.6) is 11.5 Å². The Morgan fingerprint density at radius 3 is 2.78 bits per heavy atom. The van der Waals surface area contributed by atoms with Crippen molar-refractivity contribution in [1.82, 2.24) is 4.98 Å². The van der Waals surface area contributed by atoms with Gasteiger partial charge in [0.25, 0.3) is 0 Å². The summed E-state index contributed by atoms with van der Waals surface area (Å²) in [6, 6.07) is 5.48. The molecule has 0 aliphatic carbocycles. The molecule has 1 aromatic heterocycles. The van der Waals surface area contributed by atoms with Gasteiger partial charge in [0, 0.05) is 23.3 Å². The normalized spacial score (nSPS) is 10.4. The Balaban J connectivity index is 2.33. The quantitative estimate of drug-likeness (QED) is 0.884. The van der Waals surface area contributed by atoms with Gasteiger partial charge in [-0.1, -0.05) is 15.9 Å². The molecule has 0 fully saturated rings. The second-order valence-corrected chi connectivity index (χ2v) is 4.40. The van der Waals surface area contributed by atoms with Crippen LogP contribution in [-0.4, -0.2) is 4.98 Å². The molecule has 2 N–H and O–H groups in total. The highest BCUT2D eigenvalue weighted by atomic mass is 79.9. The predicted octanol–water partition coefficient (Wildman–Crippen LogP) is 3.37. The van der Waals surface area contributed by atoms with E-state index in [1.165, 1.54) is 18.3 Å². The summed E-state index contributed by atoms with van der Waals surface area (Å²) in [6.07, 6.45) is 1.49. The molecule has 0 unspecified atom stereocenters. The molecule has 0 aliphatic rings. The smallest absolute Gasteiger partial charge is 0.201 e. The van der Waals surface area contributed by atoms with Crippen LogP contribution in [0.25, 0.3) is 0 Å². The lowest BCUT2D eigenvalue weighted by atomic mass is 10.3. The molecule has 18 heavy (non-hydrogen) atoms. The average molecular weight is 315 g/mol. The third kappa shape index (κ3) is 2.83. The highest BCUT2D eigenvalue weighted by Crippen LogP contribution is 2.29. The molecule has 0 saturated carbocycles. The summed E-state index contributed by atoms with van der Waals surface area (Å²) in [6.45, 7) is 0.243. The molecule has 0 aliphatic heterocycles. The first kappa shape index (κ1) is 12.9. The number of halogens is 3. The number of aromatic nitrogens is 1. The zero-order chi connectivity index (χ0) is 13.1. The maximum Gasteiger partial charge on any atom is 0.201 e. The van der Waals surface area contributed by atoms with Gasteiger partial charge in [-0.15, -0.1) is 0 Å². The molecule has 6 heteroatoms. The molecule has 0 saturated heterocycles. The molecule has 0 bridgehead atoms. The van der Waals surface area contributed by atoms with Crippen LogP contribution in [-0.2, 0) is 6.54 Å². The van der Waals surface area contributed by atoms with E-state index in [1.807, 2.05) is 0 Å². The van der Waals surface area contributed by atoms with Gasteiger partial charge in [0.05, 0.1) is 5.69 Å². The Labute approximate surface area is 111 Å². The van der Waals surface area contributed by atoms with E-state index in [-0.39, 0.29) is 12.3 Å². The van der Waals surface area contributed by atoms with Crippen molar-refractivity contribution in [3.8, 4) is 11.5 Å². The molecule has 0 spiro atoms. The first-order valence-corrected chi connectivity index (χ1v) is 5.87. The third-order valence-electron chi connectivity index (χ3n) is 2.18. The van der Waals surface area contributed by atoms with Gasteiger partial charge in [0.2, 0.25) is 5.82 Å². The summed E-state index contributed by atoms with van der Waals surface area (Å²) in [7, 11) is 0. The lowest BCUT2D eigenvalue weighted by molar-refractivity contribution is 0.414. The van der Waals surface area contributed by atoms with E-state index in [2.05, 4.69) is 20.9 Å². The fourth-order valence-corrected chi connectivity index (χ4v) is 1.77. The number of nitrogens with two attached hydrogens (primary N) is 1. The predicted molar refractivity (Wildman–Crippen MR) is 66.3 cm³/mol. The van der Waals surface area contributed by atoms with Crippen molar-refractivity contribution in [2.75, 3.05) is 0 Å². The highest BCUT2D eigenvalue weighted by Gasteiger charge is 2.12. The van der Waals surface area contributed by atoms with Gasteiger partial charge in [-0.3, -0.25) is 4.98 Å². The molecule has 0 atom stereocenters. The van der Waals surface area contributed by atoms with Crippen LogP contribution < -0.4 is 10.5 Å². The summed E-state index contributed by atoms with van der Waals surface area (Å²) in [5, 5.41) is 0. The topological polar surface area (TPSA) is 48.1 Å². The van der Waals surface area contributed by atoms with Crippen molar-refractivity contribution < 1.29 is 13.5 Å². The Hall–Kier alpha value is -1.53. The van der Waals surface area contributed by atoms with Crippen LogP contribution >= 0.6 is 15.9 Å². The largest absolute Gasteiger partial charge is 0.454 e. The van der Waals surface area contributed by atoms with Crippen LogP contribution in [0, 0.1) is 11.6 Å².